The van der Waals surface area contributed by atoms with Crippen LogP contribution in [0, 0.1) is 0 Å². The summed E-state index contributed by atoms with van der Waals surface area (Å²) in [6, 6.07) is 1.85. The lowest BCUT2D eigenvalue weighted by Crippen LogP contribution is -2.48. The summed E-state index contributed by atoms with van der Waals surface area (Å²) < 4.78 is 5.40. The summed E-state index contributed by atoms with van der Waals surface area (Å²) in [6.07, 6.45) is 3.36. The van der Waals surface area contributed by atoms with Gasteiger partial charge in [0.25, 0.3) is 5.91 Å². The second-order valence-electron chi connectivity index (χ2n) is 4.51. The highest BCUT2D eigenvalue weighted by molar-refractivity contribution is 7.12. The second kappa shape index (κ2) is 6.67. The highest BCUT2D eigenvalue weighted by atomic mass is 32.1. The number of carboxylic acids is 1. The molecule has 20 heavy (non-hydrogen) atoms. The molecule has 1 fully saturated rings. The summed E-state index contributed by atoms with van der Waals surface area (Å²) in [5.74, 6) is -1.06. The molecule has 1 N–H and O–H groups in total. The first kappa shape index (κ1) is 14.7. The van der Waals surface area contributed by atoms with Crippen LogP contribution in [0.5, 0.6) is 0 Å². The van der Waals surface area contributed by atoms with Crippen molar-refractivity contribution in [2.45, 2.75) is 19.4 Å². The van der Waals surface area contributed by atoms with Gasteiger partial charge in [-0.1, -0.05) is 6.92 Å². The third-order valence-electron chi connectivity index (χ3n) is 3.26. The van der Waals surface area contributed by atoms with E-state index in [9.17, 15) is 9.59 Å². The summed E-state index contributed by atoms with van der Waals surface area (Å²) in [6.45, 7) is 3.72. The number of morpholine rings is 1. The molecule has 1 atom stereocenters. The maximum atomic E-state index is 12.6. The van der Waals surface area contributed by atoms with Crippen molar-refractivity contribution >= 4 is 29.3 Å². The molecule has 1 aromatic heterocycles. The predicted octanol–water partition coefficient (Wildman–Crippen LogP) is 2.10. The maximum Gasteiger partial charge on any atom is 0.328 e. The van der Waals surface area contributed by atoms with E-state index >= 15 is 0 Å². The number of nitrogens with zero attached hydrogens (tertiary/aromatic N) is 1. The van der Waals surface area contributed by atoms with Crippen molar-refractivity contribution in [2.24, 2.45) is 0 Å². The average Bonchev–Trinajstić information content (AvgIpc) is 2.92. The average molecular weight is 295 g/mol. The molecule has 1 aliphatic heterocycles. The van der Waals surface area contributed by atoms with Crippen LogP contribution < -0.4 is 0 Å². The zero-order chi connectivity index (χ0) is 14.5. The summed E-state index contributed by atoms with van der Waals surface area (Å²) in [5, 5.41) is 10.5. The molecule has 0 spiro atoms. The van der Waals surface area contributed by atoms with Crippen LogP contribution in [0.2, 0.25) is 0 Å². The molecule has 1 aromatic rings. The van der Waals surface area contributed by atoms with E-state index in [1.165, 1.54) is 17.4 Å². The van der Waals surface area contributed by atoms with Crippen molar-refractivity contribution in [1.82, 2.24) is 4.90 Å². The fraction of sp³-hybridized carbons (Fsp3) is 0.429. The van der Waals surface area contributed by atoms with Gasteiger partial charge in [-0.05, 0) is 29.5 Å². The minimum Gasteiger partial charge on any atom is -0.478 e. The Bertz CT molecular complexity index is 523. The van der Waals surface area contributed by atoms with E-state index in [0.717, 1.165) is 12.5 Å². The van der Waals surface area contributed by atoms with Crippen LogP contribution in [0.1, 0.15) is 28.6 Å². The third kappa shape index (κ3) is 3.26. The lowest BCUT2D eigenvalue weighted by molar-refractivity contribution is -0.131. The lowest BCUT2D eigenvalue weighted by Gasteiger charge is -2.35. The highest BCUT2D eigenvalue weighted by Crippen LogP contribution is 2.23. The molecule has 1 aliphatic rings. The highest BCUT2D eigenvalue weighted by Gasteiger charge is 2.28. The number of ether oxygens (including phenoxy) is 1. The molecule has 1 saturated heterocycles. The Balaban J connectivity index is 2.20. The van der Waals surface area contributed by atoms with E-state index < -0.39 is 5.97 Å². The van der Waals surface area contributed by atoms with E-state index in [-0.39, 0.29) is 11.9 Å². The first-order valence-electron chi connectivity index (χ1n) is 6.50. The smallest absolute Gasteiger partial charge is 0.328 e. The van der Waals surface area contributed by atoms with Crippen molar-refractivity contribution in [3.8, 4) is 0 Å². The van der Waals surface area contributed by atoms with Gasteiger partial charge in [-0.25, -0.2) is 4.79 Å². The van der Waals surface area contributed by atoms with E-state index in [4.69, 9.17) is 9.84 Å². The number of amides is 1. The molecule has 1 unspecified atom stereocenters. The minimum atomic E-state index is -1.02. The van der Waals surface area contributed by atoms with E-state index in [1.807, 2.05) is 11.8 Å². The molecule has 5 nitrogen and oxygen atoms in total. The first-order valence-corrected chi connectivity index (χ1v) is 7.38. The Morgan fingerprint density at radius 3 is 3.10 bits per heavy atom. The van der Waals surface area contributed by atoms with Gasteiger partial charge < -0.3 is 14.7 Å². The van der Waals surface area contributed by atoms with E-state index in [1.54, 1.807) is 11.4 Å². The Kier molecular flexibility index (Phi) is 4.92. The van der Waals surface area contributed by atoms with Gasteiger partial charge in [0.2, 0.25) is 0 Å². The molecule has 0 aliphatic carbocycles. The van der Waals surface area contributed by atoms with E-state index in [0.29, 0.717) is 30.2 Å². The molecule has 0 radical (unpaired) electrons. The van der Waals surface area contributed by atoms with Gasteiger partial charge >= 0.3 is 5.97 Å². The second-order valence-corrected chi connectivity index (χ2v) is 5.43. The number of rotatable bonds is 4. The molecular weight excluding hydrogens is 278 g/mol. The van der Waals surface area contributed by atoms with Gasteiger partial charge in [-0.15, -0.1) is 11.3 Å². The zero-order valence-electron chi connectivity index (χ0n) is 11.2. The maximum absolute atomic E-state index is 12.6. The summed E-state index contributed by atoms with van der Waals surface area (Å²) in [7, 11) is 0. The fourth-order valence-electron chi connectivity index (χ4n) is 2.18. The number of hydrogen-bond acceptors (Lipinski definition) is 4. The van der Waals surface area contributed by atoms with Gasteiger partial charge in [0.1, 0.15) is 0 Å². The van der Waals surface area contributed by atoms with Crippen LogP contribution in [0.15, 0.2) is 17.5 Å². The normalized spacial score (nSPS) is 19.4. The SMILES string of the molecule is CCC1COCCN1C(=O)c1sccc1C=CC(=O)O. The standard InChI is InChI=1S/C14H17NO4S/c1-2-11-9-19-7-6-15(11)14(18)13-10(5-8-20-13)3-4-12(16)17/h3-5,8,11H,2,6-7,9H2,1H3,(H,16,17). The predicted molar refractivity (Wildman–Crippen MR) is 76.9 cm³/mol. The van der Waals surface area contributed by atoms with Crippen molar-refractivity contribution in [3.63, 3.8) is 0 Å². The van der Waals surface area contributed by atoms with Crippen molar-refractivity contribution in [3.05, 3.63) is 28.0 Å². The molecule has 2 heterocycles. The quantitative estimate of drug-likeness (QED) is 0.864. The van der Waals surface area contributed by atoms with Gasteiger partial charge in [-0.2, -0.15) is 0 Å². The fourth-order valence-corrected chi connectivity index (χ4v) is 3.02. The number of carboxylic acid groups (broad SMARTS) is 1. The topological polar surface area (TPSA) is 66.8 Å². The number of aliphatic carboxylic acids is 1. The Morgan fingerprint density at radius 2 is 2.40 bits per heavy atom. The van der Waals surface area contributed by atoms with Crippen LogP contribution in [0.3, 0.4) is 0 Å². The number of hydrogen-bond donors (Lipinski definition) is 1. The molecule has 6 heteroatoms. The van der Waals surface area contributed by atoms with Gasteiger partial charge in [0.05, 0.1) is 24.1 Å². The largest absolute Gasteiger partial charge is 0.478 e. The van der Waals surface area contributed by atoms with Crippen LogP contribution in [0.25, 0.3) is 6.08 Å². The number of carbonyl (C=O) groups is 2. The molecule has 0 saturated carbocycles. The van der Waals surface area contributed by atoms with Crippen molar-refractivity contribution in [1.29, 1.82) is 0 Å². The van der Waals surface area contributed by atoms with Crippen LogP contribution >= 0.6 is 11.3 Å². The monoisotopic (exact) mass is 295 g/mol. The van der Waals surface area contributed by atoms with E-state index in [2.05, 4.69) is 0 Å². The third-order valence-corrected chi connectivity index (χ3v) is 4.17. The Labute approximate surface area is 121 Å². The molecule has 2 rings (SSSR count). The summed E-state index contributed by atoms with van der Waals surface area (Å²) in [4.78, 5) is 25.6. The zero-order valence-corrected chi connectivity index (χ0v) is 12.1. The van der Waals surface area contributed by atoms with Crippen molar-refractivity contribution < 1.29 is 19.4 Å². The Morgan fingerprint density at radius 1 is 1.60 bits per heavy atom. The Hall–Kier alpha value is -1.66. The van der Waals surface area contributed by atoms with Gasteiger partial charge in [0.15, 0.2) is 0 Å². The molecule has 1 amide bonds. The molecule has 0 bridgehead atoms. The van der Waals surface area contributed by atoms with Crippen LogP contribution in [-0.4, -0.2) is 47.7 Å². The first-order chi connectivity index (χ1) is 9.63. The van der Waals surface area contributed by atoms with Crippen LogP contribution in [-0.2, 0) is 9.53 Å². The van der Waals surface area contributed by atoms with Crippen LogP contribution in [0.4, 0.5) is 0 Å². The molecule has 0 aromatic carbocycles. The summed E-state index contributed by atoms with van der Waals surface area (Å²) in [5.41, 5.74) is 0.656. The minimum absolute atomic E-state index is 0.0415. The van der Waals surface area contributed by atoms with Crippen molar-refractivity contribution in [2.75, 3.05) is 19.8 Å². The molecule has 108 valence electrons. The van der Waals surface area contributed by atoms with Gasteiger partial charge in [-0.3, -0.25) is 4.79 Å². The number of thiophene rings is 1. The summed E-state index contributed by atoms with van der Waals surface area (Å²) >= 11 is 1.34. The number of carbonyl (C=O) groups excluding carboxylic acids is 1. The lowest BCUT2D eigenvalue weighted by atomic mass is 10.1. The van der Waals surface area contributed by atoms with Gasteiger partial charge in [0, 0.05) is 12.6 Å². The molecular formula is C14H17NO4S.